The maximum absolute atomic E-state index is 12.6. The van der Waals surface area contributed by atoms with Crippen LogP contribution >= 0.6 is 0 Å². The molecule has 2 heterocycles. The Kier molecular flexibility index (Phi) is 13.7. The Morgan fingerprint density at radius 1 is 0.744 bits per heavy atom. The summed E-state index contributed by atoms with van der Waals surface area (Å²) < 4.78 is 6.03. The molecule has 0 saturated carbocycles. The van der Waals surface area contributed by atoms with Crippen LogP contribution in [-0.4, -0.2) is 96.0 Å². The van der Waals surface area contributed by atoms with Crippen LogP contribution in [0.5, 0.6) is 0 Å². The van der Waals surface area contributed by atoms with Crippen molar-refractivity contribution in [3.8, 4) is 0 Å². The van der Waals surface area contributed by atoms with Crippen LogP contribution in [0, 0.1) is 17.3 Å². The van der Waals surface area contributed by atoms with Crippen LogP contribution in [0.1, 0.15) is 99.3 Å². The summed E-state index contributed by atoms with van der Waals surface area (Å²) in [6.07, 6.45) is 8.74. The minimum atomic E-state index is -0.159. The van der Waals surface area contributed by atoms with Crippen molar-refractivity contribution in [2.75, 3.05) is 52.5 Å². The van der Waals surface area contributed by atoms with Crippen LogP contribution in [0.3, 0.4) is 0 Å². The van der Waals surface area contributed by atoms with Crippen LogP contribution in [0.15, 0.2) is 0 Å². The minimum Gasteiger partial charge on any atom is -0.381 e. The van der Waals surface area contributed by atoms with Crippen LogP contribution < -0.4 is 0 Å². The van der Waals surface area contributed by atoms with Crippen LogP contribution in [0.2, 0.25) is 0 Å². The summed E-state index contributed by atoms with van der Waals surface area (Å²) in [4.78, 5) is 56.3. The van der Waals surface area contributed by atoms with Crippen LogP contribution in [-0.2, 0) is 14.3 Å². The standard InChI is InChI=1S/C30H54N4O5/c1-7-24(8-2)19-25(20-33-26(35)21-31(11-5)28(33)37)15-18-39-17-14-13-16-30(9-3,10-4)23-34-27(36)22-32(12-6)29(34)38/h24-25H,7-23H2,1-6H3. The third kappa shape index (κ3) is 8.92. The highest BCUT2D eigenvalue weighted by Gasteiger charge is 2.40. The molecule has 9 nitrogen and oxygen atoms in total. The number of imide groups is 2. The zero-order valence-corrected chi connectivity index (χ0v) is 25.5. The van der Waals surface area contributed by atoms with Gasteiger partial charge in [0.15, 0.2) is 0 Å². The molecule has 0 aromatic rings. The van der Waals surface area contributed by atoms with Gasteiger partial charge < -0.3 is 14.5 Å². The molecule has 224 valence electrons. The lowest BCUT2D eigenvalue weighted by atomic mass is 9.77. The molecule has 0 N–H and O–H groups in total. The largest absolute Gasteiger partial charge is 0.381 e. The average molecular weight is 551 g/mol. The first kappa shape index (κ1) is 33.0. The summed E-state index contributed by atoms with van der Waals surface area (Å²) in [5.41, 5.74) is -0.0589. The van der Waals surface area contributed by atoms with Crippen LogP contribution in [0.25, 0.3) is 0 Å². The molecule has 1 atom stereocenters. The minimum absolute atomic E-state index is 0.0589. The van der Waals surface area contributed by atoms with Gasteiger partial charge in [-0.25, -0.2) is 9.59 Å². The van der Waals surface area contributed by atoms with Gasteiger partial charge >= 0.3 is 12.1 Å². The van der Waals surface area contributed by atoms with E-state index < -0.39 is 0 Å². The van der Waals surface area contributed by atoms with Crippen molar-refractivity contribution in [1.82, 2.24) is 19.6 Å². The molecule has 9 heteroatoms. The molecular formula is C30H54N4O5. The Morgan fingerprint density at radius 2 is 1.31 bits per heavy atom. The number of ether oxygens (including phenoxy) is 1. The number of rotatable bonds is 20. The highest BCUT2D eigenvalue weighted by molar-refractivity contribution is 6.02. The Labute approximate surface area is 236 Å². The van der Waals surface area contributed by atoms with Crippen molar-refractivity contribution in [2.24, 2.45) is 17.3 Å². The smallest absolute Gasteiger partial charge is 0.327 e. The van der Waals surface area contributed by atoms with Gasteiger partial charge in [-0.3, -0.25) is 19.4 Å². The van der Waals surface area contributed by atoms with E-state index >= 15 is 0 Å². The molecule has 1 unspecified atom stereocenters. The Balaban J connectivity index is 1.81. The van der Waals surface area contributed by atoms with Gasteiger partial charge in [0.25, 0.3) is 0 Å². The lowest BCUT2D eigenvalue weighted by molar-refractivity contribution is -0.127. The zero-order chi connectivity index (χ0) is 29.0. The summed E-state index contributed by atoms with van der Waals surface area (Å²) in [7, 11) is 0. The number of hydrogen-bond acceptors (Lipinski definition) is 5. The molecular weight excluding hydrogens is 496 g/mol. The first-order valence-corrected chi connectivity index (χ1v) is 15.4. The van der Waals surface area contributed by atoms with Crippen molar-refractivity contribution < 1.29 is 23.9 Å². The highest BCUT2D eigenvalue weighted by atomic mass is 16.5. The first-order chi connectivity index (χ1) is 18.7. The van der Waals surface area contributed by atoms with Gasteiger partial charge in [-0.15, -0.1) is 0 Å². The van der Waals surface area contributed by atoms with Gasteiger partial charge in [-0.05, 0) is 69.6 Å². The molecule has 0 bridgehead atoms. The van der Waals surface area contributed by atoms with E-state index in [1.807, 2.05) is 13.8 Å². The van der Waals surface area contributed by atoms with E-state index in [1.54, 1.807) is 9.80 Å². The predicted molar refractivity (Wildman–Crippen MR) is 153 cm³/mol. The van der Waals surface area contributed by atoms with Gasteiger partial charge in [0.2, 0.25) is 11.8 Å². The van der Waals surface area contributed by atoms with E-state index in [0.717, 1.165) is 57.8 Å². The molecule has 2 fully saturated rings. The zero-order valence-electron chi connectivity index (χ0n) is 25.5. The molecule has 2 aliphatic rings. The SMILES string of the molecule is CCC(CC)CC(CCOCCCCC(CC)(CC)CN1C(=O)CN(CC)C1=O)CN1C(=O)CN(CC)C1=O. The second kappa shape index (κ2) is 16.2. The highest BCUT2D eigenvalue weighted by Crippen LogP contribution is 2.35. The fourth-order valence-corrected chi connectivity index (χ4v) is 5.95. The van der Waals surface area contributed by atoms with E-state index in [-0.39, 0.29) is 48.3 Å². The summed E-state index contributed by atoms with van der Waals surface area (Å²) >= 11 is 0. The maximum Gasteiger partial charge on any atom is 0.327 e. The normalized spacial score (nSPS) is 17.5. The summed E-state index contributed by atoms with van der Waals surface area (Å²) in [5, 5.41) is 0. The topological polar surface area (TPSA) is 90.5 Å². The number of unbranched alkanes of at least 4 members (excludes halogenated alkanes) is 1. The van der Waals surface area contributed by atoms with Crippen molar-refractivity contribution in [1.29, 1.82) is 0 Å². The predicted octanol–water partition coefficient (Wildman–Crippen LogP) is 5.38. The molecule has 0 radical (unpaired) electrons. The van der Waals surface area contributed by atoms with Gasteiger partial charge in [0, 0.05) is 39.4 Å². The molecule has 0 aliphatic carbocycles. The molecule has 2 aliphatic heterocycles. The molecule has 39 heavy (non-hydrogen) atoms. The monoisotopic (exact) mass is 550 g/mol. The number of hydrogen-bond donors (Lipinski definition) is 0. The van der Waals surface area contributed by atoms with Crippen LogP contribution in [0.4, 0.5) is 9.59 Å². The van der Waals surface area contributed by atoms with E-state index in [4.69, 9.17) is 4.74 Å². The number of amides is 6. The Morgan fingerprint density at radius 3 is 1.82 bits per heavy atom. The molecule has 0 aromatic carbocycles. The van der Waals surface area contributed by atoms with Crippen molar-refractivity contribution in [3.05, 3.63) is 0 Å². The van der Waals surface area contributed by atoms with Crippen molar-refractivity contribution >= 4 is 23.9 Å². The van der Waals surface area contributed by atoms with Gasteiger partial charge in [0.05, 0.1) is 0 Å². The number of urea groups is 2. The fraction of sp³-hybridized carbons (Fsp3) is 0.867. The lowest BCUT2D eigenvalue weighted by Crippen LogP contribution is -2.41. The van der Waals surface area contributed by atoms with E-state index in [1.165, 1.54) is 9.80 Å². The maximum atomic E-state index is 12.6. The summed E-state index contributed by atoms with van der Waals surface area (Å²) in [6, 6.07) is -0.312. The lowest BCUT2D eigenvalue weighted by Gasteiger charge is -2.35. The third-order valence-corrected chi connectivity index (χ3v) is 9.19. The van der Waals surface area contributed by atoms with Gasteiger partial charge in [-0.2, -0.15) is 0 Å². The van der Waals surface area contributed by atoms with E-state index in [9.17, 15) is 19.2 Å². The Bertz CT molecular complexity index is 811. The number of nitrogens with zero attached hydrogens (tertiary/aromatic N) is 4. The first-order valence-electron chi connectivity index (χ1n) is 15.4. The quantitative estimate of drug-likeness (QED) is 0.150. The summed E-state index contributed by atoms with van der Waals surface area (Å²) in [5.74, 6) is 0.650. The van der Waals surface area contributed by atoms with Gasteiger partial charge in [-0.1, -0.05) is 47.0 Å². The molecule has 0 aromatic heterocycles. The molecule has 2 rings (SSSR count). The second-order valence-electron chi connectivity index (χ2n) is 11.4. The van der Waals surface area contributed by atoms with E-state index in [0.29, 0.717) is 45.3 Å². The molecule has 2 saturated heterocycles. The number of carbonyl (C=O) groups excluding carboxylic acids is 4. The van der Waals surface area contributed by atoms with E-state index in [2.05, 4.69) is 27.7 Å². The molecule has 6 amide bonds. The molecule has 0 spiro atoms. The van der Waals surface area contributed by atoms with Crippen molar-refractivity contribution in [2.45, 2.75) is 99.3 Å². The summed E-state index contributed by atoms with van der Waals surface area (Å²) in [6.45, 7) is 16.3. The average Bonchev–Trinajstić information content (AvgIpc) is 3.37. The second-order valence-corrected chi connectivity index (χ2v) is 11.4. The van der Waals surface area contributed by atoms with Crippen molar-refractivity contribution in [3.63, 3.8) is 0 Å². The number of likely N-dealkylation sites (N-methyl/N-ethyl adjacent to an activating group) is 2. The third-order valence-electron chi connectivity index (χ3n) is 9.19. The number of carbonyl (C=O) groups is 4. The van der Waals surface area contributed by atoms with Gasteiger partial charge in [0.1, 0.15) is 13.1 Å². The fourth-order valence-electron chi connectivity index (χ4n) is 5.95. The Hall–Kier alpha value is -2.16.